The summed E-state index contributed by atoms with van der Waals surface area (Å²) in [6.45, 7) is 0. The van der Waals surface area contributed by atoms with Gasteiger partial charge in [-0.2, -0.15) is 0 Å². The minimum Gasteiger partial charge on any atom is -0.313 e. The number of aromatic nitrogens is 3. The number of benzene rings is 1. The van der Waals surface area contributed by atoms with Crippen molar-refractivity contribution in [1.82, 2.24) is 14.8 Å². The van der Waals surface area contributed by atoms with E-state index in [0.29, 0.717) is 27.6 Å². The van der Waals surface area contributed by atoms with Crippen LogP contribution in [0.15, 0.2) is 18.2 Å². The van der Waals surface area contributed by atoms with Crippen molar-refractivity contribution < 1.29 is 0 Å². The fourth-order valence-corrected chi connectivity index (χ4v) is 1.99. The third-order valence-corrected chi connectivity index (χ3v) is 3.06. The molecule has 6 heteroatoms. The molecule has 1 heterocycles. The number of alkyl halides is 1. The van der Waals surface area contributed by atoms with Crippen LogP contribution in [-0.2, 0) is 12.9 Å². The smallest absolute Gasteiger partial charge is 0.165 e. The molecule has 1 aromatic carbocycles. The highest BCUT2D eigenvalue weighted by Crippen LogP contribution is 2.29. The third-order valence-electron chi connectivity index (χ3n) is 2.25. The van der Waals surface area contributed by atoms with Crippen LogP contribution >= 0.6 is 34.8 Å². The summed E-state index contributed by atoms with van der Waals surface area (Å²) < 4.78 is 1.80. The first kappa shape index (κ1) is 11.7. The fourth-order valence-electron chi connectivity index (χ4n) is 1.38. The van der Waals surface area contributed by atoms with Gasteiger partial charge in [-0.15, -0.1) is 21.8 Å². The molecule has 0 amide bonds. The second kappa shape index (κ2) is 4.62. The molecular weight excluding hydrogens is 268 g/mol. The number of nitrogens with zero attached hydrogens (tertiary/aromatic N) is 3. The van der Waals surface area contributed by atoms with Crippen LogP contribution in [0, 0.1) is 0 Å². The molecule has 0 aliphatic carbocycles. The third kappa shape index (κ3) is 2.03. The van der Waals surface area contributed by atoms with Gasteiger partial charge >= 0.3 is 0 Å². The van der Waals surface area contributed by atoms with Gasteiger partial charge in [-0.25, -0.2) is 0 Å². The zero-order chi connectivity index (χ0) is 11.7. The zero-order valence-corrected chi connectivity index (χ0v) is 10.7. The van der Waals surface area contributed by atoms with Crippen molar-refractivity contribution in [2.24, 2.45) is 7.05 Å². The number of hydrogen-bond acceptors (Lipinski definition) is 2. The van der Waals surface area contributed by atoms with Gasteiger partial charge in [-0.1, -0.05) is 23.2 Å². The van der Waals surface area contributed by atoms with E-state index < -0.39 is 0 Å². The lowest BCUT2D eigenvalue weighted by Crippen LogP contribution is -1.97. The van der Waals surface area contributed by atoms with E-state index in [0.717, 1.165) is 5.56 Å². The molecule has 1 aromatic heterocycles. The number of rotatable bonds is 2. The van der Waals surface area contributed by atoms with Crippen molar-refractivity contribution >= 4 is 34.8 Å². The van der Waals surface area contributed by atoms with Gasteiger partial charge in [0.1, 0.15) is 5.82 Å². The molecular formula is C10H8Cl3N3. The molecule has 16 heavy (non-hydrogen) atoms. The standard InChI is InChI=1S/C10H8Cl3N3/c1-16-9(5-11)14-15-10(16)7-4-6(12)2-3-8(7)13/h2-4H,5H2,1H3. The van der Waals surface area contributed by atoms with Crippen molar-refractivity contribution in [1.29, 1.82) is 0 Å². The van der Waals surface area contributed by atoms with Crippen LogP contribution in [0.4, 0.5) is 0 Å². The van der Waals surface area contributed by atoms with Gasteiger partial charge in [-0.05, 0) is 18.2 Å². The molecule has 0 N–H and O–H groups in total. The van der Waals surface area contributed by atoms with E-state index in [2.05, 4.69) is 10.2 Å². The van der Waals surface area contributed by atoms with E-state index in [1.165, 1.54) is 0 Å². The largest absolute Gasteiger partial charge is 0.313 e. The Hall–Kier alpha value is -0.770. The Morgan fingerprint density at radius 2 is 2.00 bits per heavy atom. The topological polar surface area (TPSA) is 30.7 Å². The first-order valence-electron chi connectivity index (χ1n) is 4.53. The molecule has 84 valence electrons. The average molecular weight is 277 g/mol. The van der Waals surface area contributed by atoms with E-state index in [9.17, 15) is 0 Å². The summed E-state index contributed by atoms with van der Waals surface area (Å²) in [7, 11) is 1.84. The van der Waals surface area contributed by atoms with Crippen molar-refractivity contribution in [2.45, 2.75) is 5.88 Å². The number of hydrogen-bond donors (Lipinski definition) is 0. The summed E-state index contributed by atoms with van der Waals surface area (Å²) in [5.74, 6) is 1.65. The summed E-state index contributed by atoms with van der Waals surface area (Å²) in [5.41, 5.74) is 0.750. The average Bonchev–Trinajstić information content (AvgIpc) is 2.63. The van der Waals surface area contributed by atoms with Crippen LogP contribution < -0.4 is 0 Å². The fraction of sp³-hybridized carbons (Fsp3) is 0.200. The number of halogens is 3. The van der Waals surface area contributed by atoms with Gasteiger partial charge in [0.2, 0.25) is 0 Å². The van der Waals surface area contributed by atoms with Crippen LogP contribution in [0.1, 0.15) is 5.82 Å². The normalized spacial score (nSPS) is 10.8. The highest BCUT2D eigenvalue weighted by molar-refractivity contribution is 6.35. The lowest BCUT2D eigenvalue weighted by atomic mass is 10.2. The van der Waals surface area contributed by atoms with Crippen molar-refractivity contribution in [3.05, 3.63) is 34.1 Å². The molecule has 0 fully saturated rings. The summed E-state index contributed by atoms with van der Waals surface area (Å²) in [6, 6.07) is 5.21. The molecule has 2 rings (SSSR count). The molecule has 0 unspecified atom stereocenters. The van der Waals surface area contributed by atoms with Gasteiger partial charge < -0.3 is 4.57 Å². The first-order chi connectivity index (χ1) is 7.63. The highest BCUT2D eigenvalue weighted by atomic mass is 35.5. The van der Waals surface area contributed by atoms with E-state index in [4.69, 9.17) is 34.8 Å². The Kier molecular flexibility index (Phi) is 3.38. The summed E-state index contributed by atoms with van der Waals surface area (Å²) >= 11 is 17.7. The molecule has 0 bridgehead atoms. The molecule has 0 aliphatic rings. The lowest BCUT2D eigenvalue weighted by Gasteiger charge is -2.04. The zero-order valence-electron chi connectivity index (χ0n) is 8.41. The Bertz CT molecular complexity index is 522. The van der Waals surface area contributed by atoms with E-state index in [1.807, 2.05) is 7.05 Å². The Morgan fingerprint density at radius 1 is 1.25 bits per heavy atom. The molecule has 0 saturated carbocycles. The van der Waals surface area contributed by atoms with Gasteiger partial charge in [0.05, 0.1) is 10.9 Å². The Morgan fingerprint density at radius 3 is 2.62 bits per heavy atom. The molecule has 3 nitrogen and oxygen atoms in total. The van der Waals surface area contributed by atoms with Gasteiger partial charge in [0, 0.05) is 17.6 Å². The van der Waals surface area contributed by atoms with Gasteiger partial charge in [0.15, 0.2) is 5.82 Å². The molecule has 0 radical (unpaired) electrons. The van der Waals surface area contributed by atoms with Crippen LogP contribution in [0.25, 0.3) is 11.4 Å². The van der Waals surface area contributed by atoms with E-state index in [1.54, 1.807) is 22.8 Å². The Labute approximate surface area is 108 Å². The monoisotopic (exact) mass is 275 g/mol. The minimum atomic E-state index is 0.307. The maximum atomic E-state index is 6.08. The maximum absolute atomic E-state index is 6.08. The predicted octanol–water partition coefficient (Wildman–Crippen LogP) is 3.53. The lowest BCUT2D eigenvalue weighted by molar-refractivity contribution is 0.853. The molecule has 0 aliphatic heterocycles. The van der Waals surface area contributed by atoms with Crippen LogP contribution in [0.2, 0.25) is 10.0 Å². The quantitative estimate of drug-likeness (QED) is 0.786. The van der Waals surface area contributed by atoms with E-state index >= 15 is 0 Å². The van der Waals surface area contributed by atoms with Gasteiger partial charge in [-0.3, -0.25) is 0 Å². The molecule has 2 aromatic rings. The predicted molar refractivity (Wildman–Crippen MR) is 66.0 cm³/mol. The van der Waals surface area contributed by atoms with Crippen LogP contribution in [0.3, 0.4) is 0 Å². The molecule has 0 spiro atoms. The first-order valence-corrected chi connectivity index (χ1v) is 5.82. The minimum absolute atomic E-state index is 0.307. The summed E-state index contributed by atoms with van der Waals surface area (Å²) in [5, 5.41) is 9.20. The van der Waals surface area contributed by atoms with Crippen LogP contribution in [0.5, 0.6) is 0 Å². The summed E-state index contributed by atoms with van der Waals surface area (Å²) in [4.78, 5) is 0. The van der Waals surface area contributed by atoms with Crippen molar-refractivity contribution in [3.8, 4) is 11.4 Å². The van der Waals surface area contributed by atoms with Crippen molar-refractivity contribution in [3.63, 3.8) is 0 Å². The SMILES string of the molecule is Cn1c(CCl)nnc1-c1cc(Cl)ccc1Cl. The van der Waals surface area contributed by atoms with Crippen molar-refractivity contribution in [2.75, 3.05) is 0 Å². The second-order valence-corrected chi connectivity index (χ2v) is 4.37. The molecule has 0 atom stereocenters. The second-order valence-electron chi connectivity index (χ2n) is 3.26. The maximum Gasteiger partial charge on any atom is 0.165 e. The van der Waals surface area contributed by atoms with Gasteiger partial charge in [0.25, 0.3) is 0 Å². The molecule has 0 saturated heterocycles. The summed E-state index contributed by atoms with van der Waals surface area (Å²) in [6.07, 6.45) is 0. The van der Waals surface area contributed by atoms with E-state index in [-0.39, 0.29) is 0 Å². The Balaban J connectivity index is 2.58. The highest BCUT2D eigenvalue weighted by Gasteiger charge is 2.13. The van der Waals surface area contributed by atoms with Crippen LogP contribution in [-0.4, -0.2) is 14.8 Å².